The number of hydrogen-bond acceptors (Lipinski definition) is 8. The lowest BCUT2D eigenvalue weighted by molar-refractivity contribution is -0.143. The standard InChI is InChI=1S/C26H30FN5O4S/c1-3-34-24(35-4-2)14-32-13-20(29-15-32)23-12-19-25(37-23)22(9-10-28-19)36-21-8-7-17(11-18(21)27)31-26(33)30-16-5-6-16/h7-13,16,24,29H,3-6,14-15H2,1-2H3,(H2,30,31,33). The summed E-state index contributed by atoms with van der Waals surface area (Å²) in [6.45, 7) is 6.32. The first kappa shape index (κ1) is 25.2. The number of fused-ring (bicyclic) bond motifs is 1. The monoisotopic (exact) mass is 527 g/mol. The average molecular weight is 528 g/mol. The molecule has 2 aromatic heterocycles. The zero-order chi connectivity index (χ0) is 25.8. The molecule has 0 unspecified atom stereocenters. The van der Waals surface area contributed by atoms with Gasteiger partial charge in [0, 0.05) is 49.5 Å². The van der Waals surface area contributed by atoms with Gasteiger partial charge in [0.2, 0.25) is 0 Å². The molecule has 5 rings (SSSR count). The highest BCUT2D eigenvalue weighted by atomic mass is 32.1. The third-order valence-corrected chi connectivity index (χ3v) is 7.01. The Hall–Kier alpha value is -3.41. The lowest BCUT2D eigenvalue weighted by Crippen LogP contribution is -2.33. The molecule has 1 aliphatic carbocycles. The summed E-state index contributed by atoms with van der Waals surface area (Å²) in [4.78, 5) is 19.5. The van der Waals surface area contributed by atoms with Crippen molar-refractivity contribution in [3.05, 3.63) is 53.4 Å². The van der Waals surface area contributed by atoms with E-state index >= 15 is 0 Å². The van der Waals surface area contributed by atoms with E-state index in [0.29, 0.717) is 37.9 Å². The Balaban J connectivity index is 1.29. The van der Waals surface area contributed by atoms with Crippen LogP contribution in [0.3, 0.4) is 0 Å². The van der Waals surface area contributed by atoms with Crippen LogP contribution in [0.2, 0.25) is 0 Å². The maximum absolute atomic E-state index is 14.8. The number of carbonyl (C=O) groups is 1. The first-order chi connectivity index (χ1) is 18.0. The van der Waals surface area contributed by atoms with E-state index in [1.54, 1.807) is 18.3 Å². The molecule has 3 heterocycles. The topological polar surface area (TPSA) is 97.0 Å². The third kappa shape index (κ3) is 6.30. The summed E-state index contributed by atoms with van der Waals surface area (Å²) < 4.78 is 32.9. The maximum atomic E-state index is 14.8. The van der Waals surface area contributed by atoms with Gasteiger partial charge in [0.25, 0.3) is 0 Å². The Labute approximate surface area is 218 Å². The maximum Gasteiger partial charge on any atom is 0.319 e. The number of benzene rings is 1. The molecule has 37 heavy (non-hydrogen) atoms. The van der Waals surface area contributed by atoms with E-state index in [9.17, 15) is 9.18 Å². The summed E-state index contributed by atoms with van der Waals surface area (Å²) in [5.41, 5.74) is 2.09. The molecule has 2 amide bonds. The predicted molar refractivity (Wildman–Crippen MR) is 141 cm³/mol. The van der Waals surface area contributed by atoms with Gasteiger partial charge in [0.05, 0.1) is 34.0 Å². The number of rotatable bonds is 11. The lowest BCUT2D eigenvalue weighted by Gasteiger charge is -2.22. The molecule has 1 aliphatic heterocycles. The van der Waals surface area contributed by atoms with Crippen LogP contribution < -0.4 is 20.7 Å². The van der Waals surface area contributed by atoms with Gasteiger partial charge in [0.1, 0.15) is 5.75 Å². The first-order valence-electron chi connectivity index (χ1n) is 12.4. The number of anilines is 1. The van der Waals surface area contributed by atoms with Gasteiger partial charge >= 0.3 is 6.03 Å². The van der Waals surface area contributed by atoms with Gasteiger partial charge < -0.3 is 35.1 Å². The van der Waals surface area contributed by atoms with Gasteiger partial charge in [0.15, 0.2) is 17.9 Å². The van der Waals surface area contributed by atoms with Gasteiger partial charge in [-0.25, -0.2) is 9.18 Å². The van der Waals surface area contributed by atoms with Gasteiger partial charge in [-0.15, -0.1) is 11.3 Å². The molecule has 1 aromatic carbocycles. The Kier molecular flexibility index (Phi) is 7.73. The van der Waals surface area contributed by atoms with Crippen LogP contribution in [0.4, 0.5) is 14.9 Å². The zero-order valence-electron chi connectivity index (χ0n) is 20.8. The number of ether oxygens (including phenoxy) is 3. The van der Waals surface area contributed by atoms with Crippen molar-refractivity contribution < 1.29 is 23.4 Å². The molecule has 1 fully saturated rings. The molecule has 196 valence electrons. The molecule has 1 saturated carbocycles. The molecule has 3 aromatic rings. The minimum Gasteiger partial charge on any atom is -0.453 e. The molecular weight excluding hydrogens is 497 g/mol. The van der Waals surface area contributed by atoms with Crippen molar-refractivity contribution in [2.45, 2.75) is 39.0 Å². The predicted octanol–water partition coefficient (Wildman–Crippen LogP) is 5.07. The molecule has 9 nitrogen and oxygen atoms in total. The number of urea groups is 1. The van der Waals surface area contributed by atoms with Gasteiger partial charge in [-0.05, 0) is 44.9 Å². The average Bonchev–Trinajstić information content (AvgIpc) is 3.36. The summed E-state index contributed by atoms with van der Waals surface area (Å²) in [6, 6.07) is 7.96. The highest BCUT2D eigenvalue weighted by molar-refractivity contribution is 7.20. The van der Waals surface area contributed by atoms with Crippen molar-refractivity contribution in [2.24, 2.45) is 0 Å². The number of pyridine rings is 1. The summed E-state index contributed by atoms with van der Waals surface area (Å²) in [5.74, 6) is 0.00772. The Morgan fingerprint density at radius 2 is 2.03 bits per heavy atom. The second kappa shape index (κ2) is 11.3. The van der Waals surface area contributed by atoms with Gasteiger partial charge in [-0.2, -0.15) is 0 Å². The van der Waals surface area contributed by atoms with E-state index < -0.39 is 5.82 Å². The van der Waals surface area contributed by atoms with E-state index in [0.717, 1.165) is 33.6 Å². The number of nitrogens with zero attached hydrogens (tertiary/aromatic N) is 2. The smallest absolute Gasteiger partial charge is 0.319 e. The second-order valence-electron chi connectivity index (χ2n) is 8.74. The van der Waals surface area contributed by atoms with Crippen LogP contribution in [0.15, 0.2) is 42.7 Å². The SMILES string of the molecule is CCOC(CN1C=C(c2cc3nccc(Oc4ccc(NC(=O)NC5CC5)cc4F)c3s2)NC1)OCC. The quantitative estimate of drug-likeness (QED) is 0.300. The van der Waals surface area contributed by atoms with Crippen LogP contribution in [-0.2, 0) is 9.47 Å². The van der Waals surface area contributed by atoms with Crippen LogP contribution in [0, 0.1) is 5.82 Å². The number of carbonyl (C=O) groups excluding carboxylic acids is 1. The van der Waals surface area contributed by atoms with E-state index in [1.165, 1.54) is 23.5 Å². The summed E-state index contributed by atoms with van der Waals surface area (Å²) in [6.07, 6.45) is 5.35. The number of amides is 2. The van der Waals surface area contributed by atoms with Crippen molar-refractivity contribution in [3.63, 3.8) is 0 Å². The molecule has 2 aliphatic rings. The van der Waals surface area contributed by atoms with E-state index in [1.807, 2.05) is 26.1 Å². The van der Waals surface area contributed by atoms with Crippen LogP contribution in [0.25, 0.3) is 15.9 Å². The van der Waals surface area contributed by atoms with Crippen LogP contribution >= 0.6 is 11.3 Å². The van der Waals surface area contributed by atoms with Crippen LogP contribution in [-0.4, -0.2) is 54.7 Å². The van der Waals surface area contributed by atoms with E-state index in [-0.39, 0.29) is 24.1 Å². The van der Waals surface area contributed by atoms with Crippen molar-refractivity contribution in [3.8, 4) is 11.5 Å². The molecule has 11 heteroatoms. The van der Waals surface area contributed by atoms with Gasteiger partial charge in [-0.3, -0.25) is 4.98 Å². The number of nitrogens with one attached hydrogen (secondary N) is 3. The minimum atomic E-state index is -0.570. The Bertz CT molecular complexity index is 1290. The molecule has 0 spiro atoms. The highest BCUT2D eigenvalue weighted by Gasteiger charge is 2.23. The molecular formula is C26H30FN5O4S. The van der Waals surface area contributed by atoms with E-state index in [2.05, 4.69) is 25.8 Å². The van der Waals surface area contributed by atoms with Gasteiger partial charge in [-0.1, -0.05) is 0 Å². The first-order valence-corrected chi connectivity index (χ1v) is 13.2. The number of halogens is 1. The number of aromatic nitrogens is 1. The van der Waals surface area contributed by atoms with Crippen molar-refractivity contribution in [2.75, 3.05) is 31.7 Å². The molecule has 3 N–H and O–H groups in total. The molecule has 0 atom stereocenters. The van der Waals surface area contributed by atoms with Crippen LogP contribution in [0.1, 0.15) is 31.6 Å². The normalized spacial score (nSPS) is 15.1. The van der Waals surface area contributed by atoms with E-state index in [4.69, 9.17) is 14.2 Å². The Morgan fingerprint density at radius 1 is 1.22 bits per heavy atom. The zero-order valence-corrected chi connectivity index (χ0v) is 21.6. The fraction of sp³-hybridized carbons (Fsp3) is 0.385. The second-order valence-corrected chi connectivity index (χ2v) is 9.80. The van der Waals surface area contributed by atoms with Crippen LogP contribution in [0.5, 0.6) is 11.5 Å². The molecule has 0 bridgehead atoms. The van der Waals surface area contributed by atoms with Crippen molar-refractivity contribution in [1.29, 1.82) is 0 Å². The molecule has 0 radical (unpaired) electrons. The fourth-order valence-electron chi connectivity index (χ4n) is 3.93. The minimum absolute atomic E-state index is 0.0675. The largest absolute Gasteiger partial charge is 0.453 e. The third-order valence-electron chi connectivity index (χ3n) is 5.84. The lowest BCUT2D eigenvalue weighted by atomic mass is 10.3. The fourth-order valence-corrected chi connectivity index (χ4v) is 4.99. The summed E-state index contributed by atoms with van der Waals surface area (Å²) >= 11 is 1.52. The Morgan fingerprint density at radius 3 is 2.76 bits per heavy atom. The molecule has 0 saturated heterocycles. The summed E-state index contributed by atoms with van der Waals surface area (Å²) in [5, 5.41) is 8.87. The van der Waals surface area contributed by atoms with Crippen molar-refractivity contribution >= 4 is 39.0 Å². The summed E-state index contributed by atoms with van der Waals surface area (Å²) in [7, 11) is 0. The highest BCUT2D eigenvalue weighted by Crippen LogP contribution is 2.38. The number of hydrogen-bond donors (Lipinski definition) is 3. The van der Waals surface area contributed by atoms with Crippen molar-refractivity contribution in [1.82, 2.24) is 20.5 Å². The number of thiophene rings is 1.